The molecule has 5 nitrogen and oxygen atoms in total. The van der Waals surface area contributed by atoms with Crippen molar-refractivity contribution in [1.82, 2.24) is 14.0 Å². The molecule has 3 heterocycles. The molecule has 0 spiro atoms. The molecule has 1 N–H and O–H groups in total. The molecule has 0 unspecified atom stereocenters. The highest BCUT2D eigenvalue weighted by Gasteiger charge is 2.09. The molecule has 6 heteroatoms. The molecule has 0 aliphatic carbocycles. The summed E-state index contributed by atoms with van der Waals surface area (Å²) in [5.41, 5.74) is 4.26. The number of hydrogen-bond donors (Lipinski definition) is 1. The molecule has 0 bridgehead atoms. The van der Waals surface area contributed by atoms with Gasteiger partial charge in [0.1, 0.15) is 0 Å². The fourth-order valence-electron chi connectivity index (χ4n) is 3.11. The lowest BCUT2D eigenvalue weighted by molar-refractivity contribution is 0.102. The average molecular weight is 384 g/mol. The summed E-state index contributed by atoms with van der Waals surface area (Å²) in [4.78, 5) is 18.2. The summed E-state index contributed by atoms with van der Waals surface area (Å²) in [6.07, 6.45) is 7.91. The molecular formula is C22H16N4OS. The van der Waals surface area contributed by atoms with Crippen molar-refractivity contribution in [3.8, 4) is 16.9 Å². The van der Waals surface area contributed by atoms with Gasteiger partial charge < -0.3 is 9.88 Å². The standard InChI is InChI=1S/C22H16N4OS/c27-21(17-4-3-5-19(14-17)25-10-1-2-11-25)23-18-8-6-16(7-9-18)20-15-26-12-13-28-22(26)24-20/h1-15H,(H,23,27). The van der Waals surface area contributed by atoms with E-state index in [1.807, 2.05) is 99.8 Å². The Labute approximate surface area is 165 Å². The first-order valence-corrected chi connectivity index (χ1v) is 9.72. The predicted octanol–water partition coefficient (Wildman–Crippen LogP) is 5.11. The van der Waals surface area contributed by atoms with E-state index in [0.717, 1.165) is 27.6 Å². The first kappa shape index (κ1) is 16.5. The third-order valence-electron chi connectivity index (χ3n) is 4.54. The van der Waals surface area contributed by atoms with E-state index in [4.69, 9.17) is 0 Å². The molecule has 0 atom stereocenters. The van der Waals surface area contributed by atoms with Gasteiger partial charge in [-0.3, -0.25) is 9.20 Å². The van der Waals surface area contributed by atoms with E-state index in [0.29, 0.717) is 5.56 Å². The van der Waals surface area contributed by atoms with Gasteiger partial charge in [-0.1, -0.05) is 18.2 Å². The number of carbonyl (C=O) groups excluding carboxylic acids is 1. The van der Waals surface area contributed by atoms with Crippen LogP contribution in [0.5, 0.6) is 0 Å². The van der Waals surface area contributed by atoms with Crippen LogP contribution in [0.25, 0.3) is 21.9 Å². The number of carbonyl (C=O) groups is 1. The Morgan fingerprint density at radius 2 is 1.79 bits per heavy atom. The number of benzene rings is 2. The Hall–Kier alpha value is -3.64. The zero-order chi connectivity index (χ0) is 18.9. The van der Waals surface area contributed by atoms with E-state index in [-0.39, 0.29) is 5.91 Å². The fraction of sp³-hybridized carbons (Fsp3) is 0. The summed E-state index contributed by atoms with van der Waals surface area (Å²) in [6.45, 7) is 0. The topological polar surface area (TPSA) is 51.3 Å². The molecule has 3 aromatic heterocycles. The molecule has 0 saturated heterocycles. The van der Waals surface area contributed by atoms with Crippen LogP contribution in [0.3, 0.4) is 0 Å². The molecular weight excluding hydrogens is 368 g/mol. The minimum Gasteiger partial charge on any atom is -0.324 e. The van der Waals surface area contributed by atoms with E-state index >= 15 is 0 Å². The summed E-state index contributed by atoms with van der Waals surface area (Å²) in [6, 6.07) is 19.2. The first-order valence-electron chi connectivity index (χ1n) is 8.84. The van der Waals surface area contributed by atoms with Gasteiger partial charge in [0.2, 0.25) is 0 Å². The van der Waals surface area contributed by atoms with Crippen LogP contribution in [0.1, 0.15) is 10.4 Å². The van der Waals surface area contributed by atoms with Crippen molar-refractivity contribution in [2.45, 2.75) is 0 Å². The number of nitrogens with one attached hydrogen (secondary N) is 1. The van der Waals surface area contributed by atoms with Gasteiger partial charge in [-0.2, -0.15) is 0 Å². The van der Waals surface area contributed by atoms with Gasteiger partial charge in [0.05, 0.1) is 5.69 Å². The summed E-state index contributed by atoms with van der Waals surface area (Å²) in [5, 5.41) is 4.97. The molecule has 0 aliphatic heterocycles. The van der Waals surface area contributed by atoms with E-state index < -0.39 is 0 Å². The van der Waals surface area contributed by atoms with Gasteiger partial charge >= 0.3 is 0 Å². The second-order valence-corrected chi connectivity index (χ2v) is 7.26. The number of anilines is 1. The van der Waals surface area contributed by atoms with Crippen LogP contribution in [0.15, 0.2) is 90.8 Å². The van der Waals surface area contributed by atoms with E-state index in [1.54, 1.807) is 11.3 Å². The van der Waals surface area contributed by atoms with E-state index in [2.05, 4.69) is 10.3 Å². The van der Waals surface area contributed by atoms with Gasteiger partial charge in [-0.05, 0) is 42.5 Å². The van der Waals surface area contributed by atoms with Gasteiger partial charge in [0.15, 0.2) is 4.96 Å². The van der Waals surface area contributed by atoms with E-state index in [9.17, 15) is 4.79 Å². The van der Waals surface area contributed by atoms with Crippen LogP contribution in [0.4, 0.5) is 5.69 Å². The third kappa shape index (κ3) is 3.10. The normalized spacial score (nSPS) is 11.0. The number of rotatable bonds is 4. The Kier molecular flexibility index (Phi) is 4.03. The molecule has 0 saturated carbocycles. The van der Waals surface area contributed by atoms with Gasteiger partial charge in [-0.15, -0.1) is 11.3 Å². The van der Waals surface area contributed by atoms with Crippen molar-refractivity contribution in [1.29, 1.82) is 0 Å². The minimum absolute atomic E-state index is 0.135. The second-order valence-electron chi connectivity index (χ2n) is 6.39. The summed E-state index contributed by atoms with van der Waals surface area (Å²) in [5.74, 6) is -0.135. The minimum atomic E-state index is -0.135. The lowest BCUT2D eigenvalue weighted by atomic mass is 10.1. The van der Waals surface area contributed by atoms with Crippen molar-refractivity contribution < 1.29 is 4.79 Å². The van der Waals surface area contributed by atoms with Gasteiger partial charge in [-0.25, -0.2) is 4.98 Å². The Balaban J connectivity index is 1.34. The van der Waals surface area contributed by atoms with Crippen LogP contribution in [-0.4, -0.2) is 19.9 Å². The number of hydrogen-bond acceptors (Lipinski definition) is 3. The van der Waals surface area contributed by atoms with Crippen molar-refractivity contribution in [3.05, 3.63) is 96.4 Å². The van der Waals surface area contributed by atoms with Crippen molar-refractivity contribution >= 4 is 27.9 Å². The molecule has 5 aromatic rings. The number of thiazole rings is 1. The van der Waals surface area contributed by atoms with E-state index in [1.165, 1.54) is 0 Å². The summed E-state index contributed by atoms with van der Waals surface area (Å²) >= 11 is 1.61. The predicted molar refractivity (Wildman–Crippen MR) is 112 cm³/mol. The molecule has 5 rings (SSSR count). The number of aromatic nitrogens is 3. The molecule has 0 fully saturated rings. The van der Waals surface area contributed by atoms with Gasteiger partial charge in [0, 0.05) is 52.7 Å². The number of fused-ring (bicyclic) bond motifs is 1. The maximum absolute atomic E-state index is 12.6. The van der Waals surface area contributed by atoms with Crippen molar-refractivity contribution in [2.24, 2.45) is 0 Å². The van der Waals surface area contributed by atoms with Crippen LogP contribution < -0.4 is 5.32 Å². The monoisotopic (exact) mass is 384 g/mol. The molecule has 0 radical (unpaired) electrons. The lowest BCUT2D eigenvalue weighted by Crippen LogP contribution is -2.12. The van der Waals surface area contributed by atoms with Crippen LogP contribution in [0.2, 0.25) is 0 Å². The fourth-order valence-corrected chi connectivity index (χ4v) is 3.81. The molecule has 28 heavy (non-hydrogen) atoms. The van der Waals surface area contributed by atoms with Crippen molar-refractivity contribution in [3.63, 3.8) is 0 Å². The molecule has 1 amide bonds. The van der Waals surface area contributed by atoms with Crippen LogP contribution in [-0.2, 0) is 0 Å². The lowest BCUT2D eigenvalue weighted by Gasteiger charge is -2.08. The SMILES string of the molecule is O=C(Nc1ccc(-c2cn3ccsc3n2)cc1)c1cccc(-n2cccc2)c1. The first-order chi connectivity index (χ1) is 13.8. The maximum Gasteiger partial charge on any atom is 0.255 e. The highest BCUT2D eigenvalue weighted by atomic mass is 32.1. The molecule has 0 aliphatic rings. The molecule has 2 aromatic carbocycles. The largest absolute Gasteiger partial charge is 0.324 e. The highest BCUT2D eigenvalue weighted by Crippen LogP contribution is 2.23. The smallest absolute Gasteiger partial charge is 0.255 e. The third-order valence-corrected chi connectivity index (χ3v) is 5.31. The molecule has 136 valence electrons. The quantitative estimate of drug-likeness (QED) is 0.468. The zero-order valence-electron chi connectivity index (χ0n) is 14.8. The Morgan fingerprint density at radius 3 is 2.57 bits per heavy atom. The Morgan fingerprint density at radius 1 is 0.964 bits per heavy atom. The summed E-state index contributed by atoms with van der Waals surface area (Å²) < 4.78 is 3.98. The average Bonchev–Trinajstić information content (AvgIpc) is 3.46. The number of imidazole rings is 1. The second kappa shape index (κ2) is 6.83. The zero-order valence-corrected chi connectivity index (χ0v) is 15.6. The van der Waals surface area contributed by atoms with Crippen molar-refractivity contribution in [2.75, 3.05) is 5.32 Å². The van der Waals surface area contributed by atoms with Gasteiger partial charge in [0.25, 0.3) is 5.91 Å². The van der Waals surface area contributed by atoms with Crippen LogP contribution >= 0.6 is 11.3 Å². The Bertz CT molecular complexity index is 1220. The highest BCUT2D eigenvalue weighted by molar-refractivity contribution is 7.15. The number of nitrogens with zero attached hydrogens (tertiary/aromatic N) is 3. The van der Waals surface area contributed by atoms with Crippen LogP contribution in [0, 0.1) is 0 Å². The maximum atomic E-state index is 12.6. The number of amides is 1. The summed E-state index contributed by atoms with van der Waals surface area (Å²) in [7, 11) is 0.